The van der Waals surface area contributed by atoms with Gasteiger partial charge in [0.2, 0.25) is 0 Å². The van der Waals surface area contributed by atoms with Crippen LogP contribution in [0.4, 0.5) is 10.1 Å². The fraction of sp³-hybridized carbons (Fsp3) is 0.455. The highest BCUT2D eigenvalue weighted by Crippen LogP contribution is 2.17. The van der Waals surface area contributed by atoms with Gasteiger partial charge in [-0.2, -0.15) is 0 Å². The van der Waals surface area contributed by atoms with Gasteiger partial charge in [-0.25, -0.2) is 4.39 Å². The van der Waals surface area contributed by atoms with Crippen LogP contribution in [0.1, 0.15) is 18.9 Å². The molecule has 0 amide bonds. The number of non-ortho nitro benzene ring substituents is 1. The fourth-order valence-corrected chi connectivity index (χ4v) is 2.79. The van der Waals surface area contributed by atoms with E-state index in [2.05, 4.69) is 0 Å². The Balaban J connectivity index is 2.78. The Bertz CT molecular complexity index is 468. The maximum Gasteiger partial charge on any atom is 0.272 e. The Kier molecular flexibility index (Phi) is 5.36. The van der Waals surface area contributed by atoms with Crippen LogP contribution >= 0.6 is 0 Å². The molecule has 0 fully saturated rings. The van der Waals surface area contributed by atoms with Gasteiger partial charge in [-0.05, 0) is 18.1 Å². The molecule has 0 aliphatic rings. The molecule has 2 N–H and O–H groups in total. The number of nitrogens with zero attached hydrogens (tertiary/aromatic N) is 1. The van der Waals surface area contributed by atoms with E-state index in [1.807, 2.05) is 6.92 Å². The van der Waals surface area contributed by atoms with Gasteiger partial charge in [-0.15, -0.1) is 0 Å². The molecule has 2 atom stereocenters. The molecule has 0 saturated heterocycles. The first-order valence-corrected chi connectivity index (χ1v) is 6.95. The molecule has 1 rings (SSSR count). The van der Waals surface area contributed by atoms with E-state index >= 15 is 0 Å². The maximum absolute atomic E-state index is 13.1. The summed E-state index contributed by atoms with van der Waals surface area (Å²) in [5.74, 6) is -0.316. The monoisotopic (exact) mass is 274 g/mol. The highest BCUT2D eigenvalue weighted by Gasteiger charge is 2.13. The van der Waals surface area contributed by atoms with Gasteiger partial charge in [0.1, 0.15) is 5.82 Å². The largest absolute Gasteiger partial charge is 0.327 e. The van der Waals surface area contributed by atoms with Crippen LogP contribution in [0.25, 0.3) is 0 Å². The zero-order valence-corrected chi connectivity index (χ0v) is 10.8. The lowest BCUT2D eigenvalue weighted by Gasteiger charge is -2.08. The number of hydrogen-bond donors (Lipinski definition) is 1. The van der Waals surface area contributed by atoms with Crippen molar-refractivity contribution < 1.29 is 13.5 Å². The van der Waals surface area contributed by atoms with Crippen LogP contribution in [0.5, 0.6) is 0 Å². The summed E-state index contributed by atoms with van der Waals surface area (Å²) < 4.78 is 24.9. The Morgan fingerprint density at radius 2 is 2.17 bits per heavy atom. The van der Waals surface area contributed by atoms with Gasteiger partial charge in [0.25, 0.3) is 5.69 Å². The standard InChI is InChI=1S/C11H15FN2O3S/c1-2-10(13)7-18(17)6-8-3-9(12)5-11(4-8)14(15)16/h3-5,10H,2,6-7,13H2,1H3. The summed E-state index contributed by atoms with van der Waals surface area (Å²) in [6.07, 6.45) is 0.703. The fourth-order valence-electron chi connectivity index (χ4n) is 1.42. The molecule has 0 heterocycles. The van der Waals surface area contributed by atoms with Gasteiger partial charge in [-0.3, -0.25) is 14.3 Å². The summed E-state index contributed by atoms with van der Waals surface area (Å²) in [4.78, 5) is 9.88. The summed E-state index contributed by atoms with van der Waals surface area (Å²) in [7, 11) is -1.25. The molecule has 0 saturated carbocycles. The number of nitro groups is 1. The molecule has 1 aromatic rings. The van der Waals surface area contributed by atoms with Crippen molar-refractivity contribution in [3.8, 4) is 0 Å². The third-order valence-electron chi connectivity index (χ3n) is 2.41. The van der Waals surface area contributed by atoms with Crippen molar-refractivity contribution >= 4 is 16.5 Å². The number of nitrogens with two attached hydrogens (primary N) is 1. The summed E-state index contributed by atoms with van der Waals surface area (Å²) in [6.45, 7) is 1.88. The van der Waals surface area contributed by atoms with Crippen molar-refractivity contribution in [2.75, 3.05) is 5.75 Å². The number of hydrogen-bond acceptors (Lipinski definition) is 4. The number of nitro benzene ring substituents is 1. The van der Waals surface area contributed by atoms with E-state index in [1.165, 1.54) is 6.07 Å². The predicted molar refractivity (Wildman–Crippen MR) is 68.0 cm³/mol. The average molecular weight is 274 g/mol. The highest BCUT2D eigenvalue weighted by atomic mass is 32.2. The summed E-state index contributed by atoms with van der Waals surface area (Å²) in [6, 6.07) is 3.06. The minimum atomic E-state index is -1.25. The van der Waals surface area contributed by atoms with Gasteiger partial charge in [0, 0.05) is 34.4 Å². The smallest absolute Gasteiger partial charge is 0.272 e. The molecule has 2 unspecified atom stereocenters. The molecule has 0 aromatic heterocycles. The quantitative estimate of drug-likeness (QED) is 0.632. The second-order valence-electron chi connectivity index (χ2n) is 3.99. The summed E-state index contributed by atoms with van der Waals surface area (Å²) in [5.41, 5.74) is 5.68. The molecule has 0 aliphatic carbocycles. The topological polar surface area (TPSA) is 86.2 Å². The molecular weight excluding hydrogens is 259 g/mol. The summed E-state index contributed by atoms with van der Waals surface area (Å²) in [5, 5.41) is 10.6. The van der Waals surface area contributed by atoms with E-state index < -0.39 is 21.5 Å². The lowest BCUT2D eigenvalue weighted by Crippen LogP contribution is -2.26. The molecule has 1 aromatic carbocycles. The Labute approximate surface area is 107 Å². The van der Waals surface area contributed by atoms with Gasteiger partial charge >= 0.3 is 0 Å². The molecule has 0 bridgehead atoms. The first-order valence-electron chi connectivity index (χ1n) is 5.46. The van der Waals surface area contributed by atoms with E-state index in [4.69, 9.17) is 5.73 Å². The SMILES string of the molecule is CCC(N)CS(=O)Cc1cc(F)cc([N+](=O)[O-])c1. The van der Waals surface area contributed by atoms with E-state index in [-0.39, 0.29) is 17.5 Å². The van der Waals surface area contributed by atoms with Crippen LogP contribution in [0.2, 0.25) is 0 Å². The zero-order chi connectivity index (χ0) is 13.7. The van der Waals surface area contributed by atoms with Crippen LogP contribution in [0.15, 0.2) is 18.2 Å². The Morgan fingerprint density at radius 1 is 1.50 bits per heavy atom. The molecule has 18 heavy (non-hydrogen) atoms. The maximum atomic E-state index is 13.1. The van der Waals surface area contributed by atoms with Gasteiger partial charge in [0.05, 0.1) is 11.0 Å². The van der Waals surface area contributed by atoms with Crippen LogP contribution in [-0.4, -0.2) is 20.9 Å². The third-order valence-corrected chi connectivity index (χ3v) is 3.86. The van der Waals surface area contributed by atoms with Crippen LogP contribution in [0, 0.1) is 15.9 Å². The second kappa shape index (κ2) is 6.55. The summed E-state index contributed by atoms with van der Waals surface area (Å²) >= 11 is 0. The number of rotatable bonds is 6. The Morgan fingerprint density at radius 3 is 2.72 bits per heavy atom. The molecule has 5 nitrogen and oxygen atoms in total. The van der Waals surface area contributed by atoms with Crippen LogP contribution < -0.4 is 5.73 Å². The van der Waals surface area contributed by atoms with Crippen molar-refractivity contribution in [2.45, 2.75) is 25.1 Å². The van der Waals surface area contributed by atoms with Gasteiger partial charge < -0.3 is 5.73 Å². The molecular formula is C11H15FN2O3S. The molecule has 0 radical (unpaired) electrons. The lowest BCUT2D eigenvalue weighted by atomic mass is 10.2. The molecule has 7 heteroatoms. The number of benzene rings is 1. The average Bonchev–Trinajstić information content (AvgIpc) is 2.27. The minimum Gasteiger partial charge on any atom is -0.327 e. The second-order valence-corrected chi connectivity index (χ2v) is 5.50. The minimum absolute atomic E-state index is 0.0757. The van der Waals surface area contributed by atoms with E-state index in [0.29, 0.717) is 17.7 Å². The first-order chi connectivity index (χ1) is 8.42. The molecule has 0 spiro atoms. The van der Waals surface area contributed by atoms with Crippen LogP contribution in [-0.2, 0) is 16.6 Å². The number of halogens is 1. The normalized spacial score (nSPS) is 14.2. The first kappa shape index (κ1) is 14.7. The van der Waals surface area contributed by atoms with E-state index in [1.54, 1.807) is 0 Å². The van der Waals surface area contributed by atoms with Gasteiger partial charge in [0.15, 0.2) is 0 Å². The van der Waals surface area contributed by atoms with Crippen molar-refractivity contribution in [1.82, 2.24) is 0 Å². The highest BCUT2D eigenvalue weighted by molar-refractivity contribution is 7.84. The van der Waals surface area contributed by atoms with Crippen molar-refractivity contribution in [1.29, 1.82) is 0 Å². The zero-order valence-electron chi connectivity index (χ0n) is 9.97. The lowest BCUT2D eigenvalue weighted by molar-refractivity contribution is -0.385. The van der Waals surface area contributed by atoms with Crippen molar-refractivity contribution in [3.63, 3.8) is 0 Å². The van der Waals surface area contributed by atoms with Crippen molar-refractivity contribution in [3.05, 3.63) is 39.7 Å². The Hall–Kier alpha value is -1.34. The third kappa shape index (κ3) is 4.50. The van der Waals surface area contributed by atoms with E-state index in [0.717, 1.165) is 12.1 Å². The van der Waals surface area contributed by atoms with E-state index in [9.17, 15) is 18.7 Å². The molecule has 0 aliphatic heterocycles. The van der Waals surface area contributed by atoms with Crippen LogP contribution in [0.3, 0.4) is 0 Å². The van der Waals surface area contributed by atoms with Crippen molar-refractivity contribution in [2.24, 2.45) is 5.73 Å². The van der Waals surface area contributed by atoms with Gasteiger partial charge in [-0.1, -0.05) is 6.92 Å². The molecule has 100 valence electrons. The predicted octanol–water partition coefficient (Wildman–Crippen LogP) is 1.72.